The lowest BCUT2D eigenvalue weighted by atomic mass is 9.96. The summed E-state index contributed by atoms with van der Waals surface area (Å²) in [6, 6.07) is 0. The van der Waals surface area contributed by atoms with Gasteiger partial charge in [-0.2, -0.15) is 0 Å². The summed E-state index contributed by atoms with van der Waals surface area (Å²) in [6.45, 7) is 12.4. The molecule has 0 aliphatic carbocycles. The Kier molecular flexibility index (Phi) is 4.40. The molecule has 0 unspecified atom stereocenters. The van der Waals surface area contributed by atoms with Crippen LogP contribution in [0.3, 0.4) is 0 Å². The van der Waals surface area contributed by atoms with Gasteiger partial charge in [-0.1, -0.05) is 20.8 Å². The van der Waals surface area contributed by atoms with E-state index in [0.717, 1.165) is 19.5 Å². The first-order valence-electron chi connectivity index (χ1n) is 5.01. The molecule has 0 amide bonds. The van der Waals surface area contributed by atoms with Gasteiger partial charge in [-0.3, -0.25) is 0 Å². The monoisotopic (exact) mass is 187 g/mol. The van der Waals surface area contributed by atoms with Crippen LogP contribution in [0.2, 0.25) is 0 Å². The highest BCUT2D eigenvalue weighted by Gasteiger charge is 2.17. The molecule has 0 spiro atoms. The molecule has 0 saturated carbocycles. The molecule has 0 aliphatic heterocycles. The molecule has 2 heteroatoms. The third-order valence-electron chi connectivity index (χ3n) is 1.85. The van der Waals surface area contributed by atoms with Crippen LogP contribution in [0.5, 0.6) is 0 Å². The Hall–Kier alpha value is -0.0800. The van der Waals surface area contributed by atoms with Gasteiger partial charge in [0.15, 0.2) is 0 Å². The first-order valence-corrected chi connectivity index (χ1v) is 5.01. The van der Waals surface area contributed by atoms with Crippen molar-refractivity contribution in [1.29, 1.82) is 0 Å². The van der Waals surface area contributed by atoms with Gasteiger partial charge in [0.25, 0.3) is 0 Å². The quantitative estimate of drug-likeness (QED) is 0.729. The van der Waals surface area contributed by atoms with Crippen LogP contribution in [-0.4, -0.2) is 35.7 Å². The van der Waals surface area contributed by atoms with Gasteiger partial charge in [-0.05, 0) is 32.7 Å². The number of hydrogen-bond acceptors (Lipinski definition) is 2. The summed E-state index contributed by atoms with van der Waals surface area (Å²) in [7, 11) is 2.11. The van der Waals surface area contributed by atoms with Gasteiger partial charge in [0, 0.05) is 13.1 Å². The van der Waals surface area contributed by atoms with E-state index in [9.17, 15) is 5.11 Å². The molecule has 0 saturated heterocycles. The maximum absolute atomic E-state index is 9.54. The number of rotatable bonds is 4. The van der Waals surface area contributed by atoms with Crippen molar-refractivity contribution in [3.8, 4) is 0 Å². The van der Waals surface area contributed by atoms with Crippen LogP contribution in [0.15, 0.2) is 0 Å². The van der Waals surface area contributed by atoms with Crippen molar-refractivity contribution in [2.75, 3.05) is 20.1 Å². The van der Waals surface area contributed by atoms with Crippen molar-refractivity contribution in [3.05, 3.63) is 0 Å². The maximum Gasteiger partial charge on any atom is 0.0603 e. The van der Waals surface area contributed by atoms with E-state index in [4.69, 9.17) is 0 Å². The lowest BCUT2D eigenvalue weighted by Crippen LogP contribution is -2.33. The van der Waals surface area contributed by atoms with Gasteiger partial charge < -0.3 is 10.0 Å². The number of hydrogen-bond donors (Lipinski definition) is 1. The van der Waals surface area contributed by atoms with Gasteiger partial charge in [0.05, 0.1) is 5.60 Å². The molecule has 0 aliphatic rings. The van der Waals surface area contributed by atoms with Gasteiger partial charge in [0.2, 0.25) is 0 Å². The zero-order valence-corrected chi connectivity index (χ0v) is 10.0. The highest BCUT2D eigenvalue weighted by Crippen LogP contribution is 2.15. The Morgan fingerprint density at radius 2 is 1.54 bits per heavy atom. The van der Waals surface area contributed by atoms with Crippen LogP contribution in [-0.2, 0) is 0 Å². The van der Waals surface area contributed by atoms with E-state index in [0.29, 0.717) is 5.41 Å². The molecule has 0 aromatic heterocycles. The van der Waals surface area contributed by atoms with E-state index < -0.39 is 5.60 Å². The molecular formula is C11H25NO. The van der Waals surface area contributed by atoms with Crippen molar-refractivity contribution in [1.82, 2.24) is 4.90 Å². The summed E-state index contributed by atoms with van der Waals surface area (Å²) < 4.78 is 0. The fourth-order valence-corrected chi connectivity index (χ4v) is 1.35. The molecule has 1 N–H and O–H groups in total. The fraction of sp³-hybridized carbons (Fsp3) is 1.00. The first kappa shape index (κ1) is 12.9. The van der Waals surface area contributed by atoms with Crippen LogP contribution < -0.4 is 0 Å². The Balaban J connectivity index is 3.70. The highest BCUT2D eigenvalue weighted by atomic mass is 16.3. The van der Waals surface area contributed by atoms with Crippen LogP contribution in [0.1, 0.15) is 41.0 Å². The summed E-state index contributed by atoms with van der Waals surface area (Å²) in [4.78, 5) is 2.28. The molecule has 13 heavy (non-hydrogen) atoms. The predicted octanol–water partition coefficient (Wildman–Crippen LogP) is 2.13. The molecule has 2 nitrogen and oxygen atoms in total. The largest absolute Gasteiger partial charge is 0.390 e. The topological polar surface area (TPSA) is 23.5 Å². The SMILES string of the molecule is CN(CCC(C)(C)O)CC(C)(C)C. The summed E-state index contributed by atoms with van der Waals surface area (Å²) >= 11 is 0. The minimum absolute atomic E-state index is 0.342. The zero-order chi connectivity index (χ0) is 10.7. The molecule has 0 rings (SSSR count). The molecule has 0 radical (unpaired) electrons. The van der Waals surface area contributed by atoms with Crippen molar-refractivity contribution >= 4 is 0 Å². The van der Waals surface area contributed by atoms with Crippen molar-refractivity contribution in [2.24, 2.45) is 5.41 Å². The van der Waals surface area contributed by atoms with Crippen molar-refractivity contribution in [2.45, 2.75) is 46.6 Å². The summed E-state index contributed by atoms with van der Waals surface area (Å²) in [5.74, 6) is 0. The zero-order valence-electron chi connectivity index (χ0n) is 10.0. The van der Waals surface area contributed by atoms with E-state index in [1.807, 2.05) is 13.8 Å². The minimum Gasteiger partial charge on any atom is -0.390 e. The molecular weight excluding hydrogens is 162 g/mol. The smallest absolute Gasteiger partial charge is 0.0603 e. The third-order valence-corrected chi connectivity index (χ3v) is 1.85. The summed E-state index contributed by atoms with van der Waals surface area (Å²) in [5.41, 5.74) is -0.194. The van der Waals surface area contributed by atoms with E-state index in [1.54, 1.807) is 0 Å². The van der Waals surface area contributed by atoms with E-state index in [1.165, 1.54) is 0 Å². The second-order valence-corrected chi connectivity index (χ2v) is 5.86. The van der Waals surface area contributed by atoms with E-state index in [2.05, 4.69) is 32.7 Å². The molecule has 0 aromatic carbocycles. The average Bonchev–Trinajstić information content (AvgIpc) is 1.78. The first-order chi connectivity index (χ1) is 5.60. The lowest BCUT2D eigenvalue weighted by molar-refractivity contribution is 0.0570. The fourth-order valence-electron chi connectivity index (χ4n) is 1.35. The third kappa shape index (κ3) is 9.84. The van der Waals surface area contributed by atoms with E-state index in [-0.39, 0.29) is 0 Å². The van der Waals surface area contributed by atoms with Crippen LogP contribution in [0, 0.1) is 5.41 Å². The molecule has 0 bridgehead atoms. The van der Waals surface area contributed by atoms with Gasteiger partial charge in [-0.15, -0.1) is 0 Å². The Morgan fingerprint density at radius 3 is 1.85 bits per heavy atom. The van der Waals surface area contributed by atoms with Crippen molar-refractivity contribution in [3.63, 3.8) is 0 Å². The lowest BCUT2D eigenvalue weighted by Gasteiger charge is -2.28. The standard InChI is InChI=1S/C11H25NO/c1-10(2,3)9-12(6)8-7-11(4,5)13/h13H,7-9H2,1-6H3. The van der Waals surface area contributed by atoms with Gasteiger partial charge in [-0.25, -0.2) is 0 Å². The Labute approximate surface area is 82.9 Å². The number of aliphatic hydroxyl groups is 1. The molecule has 0 fully saturated rings. The number of nitrogens with zero attached hydrogens (tertiary/aromatic N) is 1. The second kappa shape index (κ2) is 4.43. The Bertz CT molecular complexity index is 141. The summed E-state index contributed by atoms with van der Waals surface area (Å²) in [6.07, 6.45) is 0.833. The van der Waals surface area contributed by atoms with Gasteiger partial charge >= 0.3 is 0 Å². The Morgan fingerprint density at radius 1 is 1.08 bits per heavy atom. The maximum atomic E-state index is 9.54. The van der Waals surface area contributed by atoms with Gasteiger partial charge in [0.1, 0.15) is 0 Å². The van der Waals surface area contributed by atoms with E-state index >= 15 is 0 Å². The molecule has 0 aromatic rings. The summed E-state index contributed by atoms with van der Waals surface area (Å²) in [5, 5.41) is 9.54. The van der Waals surface area contributed by atoms with Crippen LogP contribution in [0.25, 0.3) is 0 Å². The van der Waals surface area contributed by atoms with Crippen molar-refractivity contribution < 1.29 is 5.11 Å². The van der Waals surface area contributed by atoms with Crippen LogP contribution >= 0.6 is 0 Å². The molecule has 0 heterocycles. The highest BCUT2D eigenvalue weighted by molar-refractivity contribution is 4.71. The normalized spacial score (nSPS) is 13.8. The van der Waals surface area contributed by atoms with Crippen LogP contribution in [0.4, 0.5) is 0 Å². The molecule has 80 valence electrons. The molecule has 0 atom stereocenters. The minimum atomic E-state index is -0.536. The predicted molar refractivity (Wildman–Crippen MR) is 57.9 cm³/mol. The second-order valence-electron chi connectivity index (χ2n) is 5.86. The average molecular weight is 187 g/mol.